The van der Waals surface area contributed by atoms with E-state index < -0.39 is 5.54 Å². The molecule has 0 radical (unpaired) electrons. The molecule has 16 heavy (non-hydrogen) atoms. The lowest BCUT2D eigenvalue weighted by Gasteiger charge is -2.26. The predicted molar refractivity (Wildman–Crippen MR) is 64.5 cm³/mol. The topological polar surface area (TPSA) is 76.7 Å². The Bertz CT molecular complexity index is 432. The summed E-state index contributed by atoms with van der Waals surface area (Å²) in [6, 6.07) is 0. The number of nitrogens with zero attached hydrogens (tertiary/aromatic N) is 2. The quantitative estimate of drug-likeness (QED) is 0.768. The lowest BCUT2D eigenvalue weighted by molar-refractivity contribution is -0.119. The molecule has 1 rings (SSSR count). The van der Waals surface area contributed by atoms with Crippen LogP contribution in [0.2, 0.25) is 0 Å². The zero-order valence-electron chi connectivity index (χ0n) is 9.91. The minimum Gasteiger partial charge on any atom is -0.370 e. The van der Waals surface area contributed by atoms with Crippen molar-refractivity contribution in [3.63, 3.8) is 0 Å². The maximum absolute atomic E-state index is 11.0. The van der Waals surface area contributed by atoms with Gasteiger partial charge >= 0.3 is 0 Å². The van der Waals surface area contributed by atoms with Gasteiger partial charge in [-0.1, -0.05) is 6.92 Å². The number of rotatable bonds is 5. The van der Waals surface area contributed by atoms with Crippen LogP contribution in [-0.2, 0) is 16.8 Å². The Labute approximate surface area is 100 Å². The molecule has 0 aliphatic rings. The van der Waals surface area contributed by atoms with Gasteiger partial charge in [-0.25, -0.2) is 0 Å². The molecule has 1 aromatic rings. The monoisotopic (exact) mass is 242 g/mol. The molecule has 1 aromatic heterocycles. The number of amides is 1. The van der Waals surface area contributed by atoms with Crippen molar-refractivity contribution in [1.82, 2.24) is 14.8 Å². The first-order valence-corrected chi connectivity index (χ1v) is 5.74. The van der Waals surface area contributed by atoms with E-state index in [1.807, 2.05) is 18.4 Å². The second-order valence-electron chi connectivity index (χ2n) is 4.49. The van der Waals surface area contributed by atoms with Gasteiger partial charge < -0.3 is 5.73 Å². The number of aromatic nitrogens is 3. The van der Waals surface area contributed by atoms with Crippen molar-refractivity contribution in [1.29, 1.82) is 0 Å². The Balaban J connectivity index is 3.14. The van der Waals surface area contributed by atoms with Crippen molar-refractivity contribution in [2.24, 2.45) is 5.73 Å². The maximum atomic E-state index is 11.0. The fourth-order valence-corrected chi connectivity index (χ4v) is 2.25. The fourth-order valence-electron chi connectivity index (χ4n) is 1.85. The molecule has 0 spiro atoms. The second-order valence-corrected chi connectivity index (χ2v) is 4.87. The van der Waals surface area contributed by atoms with Gasteiger partial charge in [0.05, 0.1) is 5.54 Å². The van der Waals surface area contributed by atoms with E-state index in [9.17, 15) is 4.79 Å². The highest BCUT2D eigenvalue weighted by Gasteiger charge is 2.26. The van der Waals surface area contributed by atoms with Crippen molar-refractivity contribution in [3.05, 3.63) is 10.6 Å². The lowest BCUT2D eigenvalue weighted by Crippen LogP contribution is -2.33. The van der Waals surface area contributed by atoms with Crippen LogP contribution in [0, 0.1) is 4.77 Å². The predicted octanol–water partition coefficient (Wildman–Crippen LogP) is 1.50. The van der Waals surface area contributed by atoms with Gasteiger partial charge in [0.2, 0.25) is 5.91 Å². The van der Waals surface area contributed by atoms with Crippen LogP contribution >= 0.6 is 12.2 Å². The van der Waals surface area contributed by atoms with Crippen molar-refractivity contribution in [2.75, 3.05) is 0 Å². The average Bonchev–Trinajstić information content (AvgIpc) is 2.46. The van der Waals surface area contributed by atoms with Crippen molar-refractivity contribution in [2.45, 2.75) is 45.6 Å². The summed E-state index contributed by atoms with van der Waals surface area (Å²) in [6.07, 6.45) is 2.05. The minimum atomic E-state index is -0.430. The van der Waals surface area contributed by atoms with Gasteiger partial charge in [-0.2, -0.15) is 5.10 Å². The molecule has 3 N–H and O–H groups in total. The molecular weight excluding hydrogens is 224 g/mol. The summed E-state index contributed by atoms with van der Waals surface area (Å²) in [4.78, 5) is 11.0. The minimum absolute atomic E-state index is 0.248. The molecule has 1 heterocycles. The van der Waals surface area contributed by atoms with Crippen LogP contribution in [-0.4, -0.2) is 20.7 Å². The number of carbonyl (C=O) groups excluding carboxylic acids is 1. The smallest absolute Gasteiger partial charge is 0.219 e. The van der Waals surface area contributed by atoms with Gasteiger partial charge in [0.15, 0.2) is 4.77 Å². The molecule has 0 fully saturated rings. The zero-order valence-corrected chi connectivity index (χ0v) is 10.7. The first-order valence-electron chi connectivity index (χ1n) is 5.33. The van der Waals surface area contributed by atoms with Crippen molar-refractivity contribution in [3.8, 4) is 0 Å². The first-order chi connectivity index (χ1) is 7.38. The molecule has 0 aliphatic heterocycles. The molecule has 1 amide bonds. The molecule has 0 aliphatic carbocycles. The van der Waals surface area contributed by atoms with Crippen LogP contribution in [0.1, 0.15) is 39.4 Å². The Morgan fingerprint density at radius 3 is 2.75 bits per heavy atom. The SMILES string of the molecule is CCCc1n[nH]c(=S)n1C(C)(C)CC(N)=O. The zero-order chi connectivity index (χ0) is 12.3. The van der Waals surface area contributed by atoms with Crippen molar-refractivity contribution < 1.29 is 4.79 Å². The number of nitrogens with one attached hydrogen (secondary N) is 1. The standard InChI is InChI=1S/C10H18N4OS/c1-4-5-8-12-13-9(16)14(8)10(2,3)6-7(11)15/h4-6H2,1-3H3,(H2,11,15)(H,13,16). The third-order valence-corrected chi connectivity index (χ3v) is 2.70. The Kier molecular flexibility index (Phi) is 3.85. The van der Waals surface area contributed by atoms with Gasteiger partial charge in [0, 0.05) is 12.8 Å². The van der Waals surface area contributed by atoms with Gasteiger partial charge in [0.25, 0.3) is 0 Å². The maximum Gasteiger partial charge on any atom is 0.219 e. The van der Waals surface area contributed by atoms with Crippen LogP contribution in [0.4, 0.5) is 0 Å². The van der Waals surface area contributed by atoms with E-state index >= 15 is 0 Å². The number of hydrogen-bond donors (Lipinski definition) is 2. The normalized spacial score (nSPS) is 11.7. The van der Waals surface area contributed by atoms with E-state index in [0.717, 1.165) is 18.7 Å². The Morgan fingerprint density at radius 2 is 2.25 bits per heavy atom. The lowest BCUT2D eigenvalue weighted by atomic mass is 9.99. The summed E-state index contributed by atoms with van der Waals surface area (Å²) in [5, 5.41) is 6.94. The van der Waals surface area contributed by atoms with Gasteiger partial charge in [-0.3, -0.25) is 14.5 Å². The number of hydrogen-bond acceptors (Lipinski definition) is 3. The van der Waals surface area contributed by atoms with E-state index in [2.05, 4.69) is 17.1 Å². The summed E-state index contributed by atoms with van der Waals surface area (Å²) < 4.78 is 2.42. The van der Waals surface area contributed by atoms with E-state index in [0.29, 0.717) is 4.77 Å². The number of H-pyrrole nitrogens is 1. The third kappa shape index (κ3) is 2.69. The van der Waals surface area contributed by atoms with E-state index in [4.69, 9.17) is 18.0 Å². The third-order valence-electron chi connectivity index (χ3n) is 2.43. The van der Waals surface area contributed by atoms with Gasteiger partial charge in [0.1, 0.15) is 5.82 Å². The summed E-state index contributed by atoms with van der Waals surface area (Å²) in [5.74, 6) is 0.536. The summed E-state index contributed by atoms with van der Waals surface area (Å²) in [5.41, 5.74) is 4.81. The molecule has 0 aromatic carbocycles. The molecule has 90 valence electrons. The fraction of sp³-hybridized carbons (Fsp3) is 0.700. The molecule has 0 atom stereocenters. The van der Waals surface area contributed by atoms with Crippen molar-refractivity contribution >= 4 is 18.1 Å². The number of carbonyl (C=O) groups is 1. The number of aryl methyl sites for hydroxylation is 1. The van der Waals surface area contributed by atoms with Crippen LogP contribution in [0.3, 0.4) is 0 Å². The second kappa shape index (κ2) is 4.78. The highest BCUT2D eigenvalue weighted by Crippen LogP contribution is 2.22. The average molecular weight is 242 g/mol. The highest BCUT2D eigenvalue weighted by molar-refractivity contribution is 7.71. The molecular formula is C10H18N4OS. The van der Waals surface area contributed by atoms with Crippen LogP contribution in [0.15, 0.2) is 0 Å². The molecule has 0 bridgehead atoms. The molecule has 6 heteroatoms. The Morgan fingerprint density at radius 1 is 1.62 bits per heavy atom. The summed E-state index contributed by atoms with van der Waals surface area (Å²) in [6.45, 7) is 5.94. The van der Waals surface area contributed by atoms with Gasteiger partial charge in [-0.15, -0.1) is 0 Å². The Hall–Kier alpha value is -1.17. The molecule has 5 nitrogen and oxygen atoms in total. The molecule has 0 unspecified atom stereocenters. The van der Waals surface area contributed by atoms with Crippen LogP contribution in [0.25, 0.3) is 0 Å². The number of nitrogens with two attached hydrogens (primary N) is 1. The van der Waals surface area contributed by atoms with E-state index in [-0.39, 0.29) is 12.3 Å². The highest BCUT2D eigenvalue weighted by atomic mass is 32.1. The van der Waals surface area contributed by atoms with Gasteiger partial charge in [-0.05, 0) is 32.5 Å². The van der Waals surface area contributed by atoms with E-state index in [1.54, 1.807) is 0 Å². The van der Waals surface area contributed by atoms with Crippen LogP contribution < -0.4 is 5.73 Å². The van der Waals surface area contributed by atoms with E-state index in [1.165, 1.54) is 0 Å². The van der Waals surface area contributed by atoms with Crippen LogP contribution in [0.5, 0.6) is 0 Å². The number of aromatic amines is 1. The molecule has 0 saturated heterocycles. The summed E-state index contributed by atoms with van der Waals surface area (Å²) >= 11 is 5.18. The number of primary amides is 1. The summed E-state index contributed by atoms with van der Waals surface area (Å²) in [7, 11) is 0. The first kappa shape index (κ1) is 12.9. The largest absolute Gasteiger partial charge is 0.370 e. The molecule has 0 saturated carbocycles.